The highest BCUT2D eigenvalue weighted by atomic mass is 16.5. The van der Waals surface area contributed by atoms with Gasteiger partial charge in [-0.25, -0.2) is 4.79 Å². The molecule has 2 atom stereocenters. The Labute approximate surface area is 168 Å². The summed E-state index contributed by atoms with van der Waals surface area (Å²) in [6.07, 6.45) is 1.52. The zero-order valence-electron chi connectivity index (χ0n) is 16.6. The van der Waals surface area contributed by atoms with Gasteiger partial charge in [-0.15, -0.1) is 0 Å². The third-order valence-electron chi connectivity index (χ3n) is 4.79. The van der Waals surface area contributed by atoms with Crippen molar-refractivity contribution in [2.75, 3.05) is 19.0 Å². The molecule has 1 aromatic carbocycles. The first-order valence-corrected chi connectivity index (χ1v) is 9.41. The van der Waals surface area contributed by atoms with Crippen LogP contribution in [0.4, 0.5) is 5.69 Å². The number of carbonyl (C=O) groups is 3. The van der Waals surface area contributed by atoms with Gasteiger partial charge in [0.1, 0.15) is 11.8 Å². The summed E-state index contributed by atoms with van der Waals surface area (Å²) in [5, 5.41) is 2.72. The molecule has 0 spiro atoms. The molecular formula is C21H24N2O6. The van der Waals surface area contributed by atoms with Crippen molar-refractivity contribution < 1.29 is 28.3 Å². The summed E-state index contributed by atoms with van der Waals surface area (Å²) in [4.78, 5) is 39.1. The maximum atomic E-state index is 12.6. The van der Waals surface area contributed by atoms with Crippen molar-refractivity contribution in [3.63, 3.8) is 0 Å². The van der Waals surface area contributed by atoms with Crippen LogP contribution >= 0.6 is 0 Å². The molecule has 0 bridgehead atoms. The number of esters is 1. The van der Waals surface area contributed by atoms with Crippen molar-refractivity contribution >= 4 is 23.5 Å². The Balaban J connectivity index is 1.63. The topological polar surface area (TPSA) is 98.1 Å². The molecule has 8 nitrogen and oxygen atoms in total. The van der Waals surface area contributed by atoms with E-state index in [9.17, 15) is 14.4 Å². The van der Waals surface area contributed by atoms with Gasteiger partial charge in [0.25, 0.3) is 11.8 Å². The van der Waals surface area contributed by atoms with E-state index in [1.54, 1.807) is 24.3 Å². The zero-order chi connectivity index (χ0) is 21.0. The molecule has 3 rings (SSSR count). The summed E-state index contributed by atoms with van der Waals surface area (Å²) in [7, 11) is 1.51. The summed E-state index contributed by atoms with van der Waals surface area (Å²) < 4.78 is 15.7. The van der Waals surface area contributed by atoms with Crippen molar-refractivity contribution in [3.8, 4) is 5.75 Å². The van der Waals surface area contributed by atoms with Gasteiger partial charge in [-0.3, -0.25) is 9.59 Å². The summed E-state index contributed by atoms with van der Waals surface area (Å²) >= 11 is 0. The fourth-order valence-electron chi connectivity index (χ4n) is 3.26. The predicted octanol–water partition coefficient (Wildman–Crippen LogP) is 2.77. The first-order valence-electron chi connectivity index (χ1n) is 9.41. The predicted molar refractivity (Wildman–Crippen MR) is 105 cm³/mol. The number of rotatable bonds is 6. The number of amides is 2. The lowest BCUT2D eigenvalue weighted by molar-refractivity contribution is -0.156. The zero-order valence-corrected chi connectivity index (χ0v) is 16.6. The van der Waals surface area contributed by atoms with E-state index in [1.807, 2.05) is 13.0 Å². The Morgan fingerprint density at radius 2 is 2.07 bits per heavy atom. The second kappa shape index (κ2) is 8.81. The normalized spacial score (nSPS) is 16.9. The number of nitrogens with one attached hydrogen (secondary N) is 1. The van der Waals surface area contributed by atoms with E-state index in [0.29, 0.717) is 30.8 Å². The average molecular weight is 400 g/mol. The Hall–Kier alpha value is -3.29. The lowest BCUT2D eigenvalue weighted by Crippen LogP contribution is -2.43. The third-order valence-corrected chi connectivity index (χ3v) is 4.79. The number of carbonyl (C=O) groups excluding carboxylic acids is 3. The monoisotopic (exact) mass is 400 g/mol. The maximum absolute atomic E-state index is 12.6. The molecule has 1 aliphatic heterocycles. The molecule has 1 N–H and O–H groups in total. The molecule has 154 valence electrons. The summed E-state index contributed by atoms with van der Waals surface area (Å²) in [5.41, 5.74) is 1.44. The van der Waals surface area contributed by atoms with Gasteiger partial charge >= 0.3 is 5.97 Å². The van der Waals surface area contributed by atoms with Crippen LogP contribution in [0.3, 0.4) is 0 Å². The number of hydrogen-bond donors (Lipinski definition) is 1. The standard InChI is InChI=1S/C21H24N2O6/c1-13-8-9-17(27-3)15(12-13)22-19(24)14(2)29-21(26)16-6-4-10-23(16)20(25)18-7-5-11-28-18/h5,7-9,11-12,14,16H,4,6,10H2,1-3H3,(H,22,24). The van der Waals surface area contributed by atoms with E-state index >= 15 is 0 Å². The van der Waals surface area contributed by atoms with Gasteiger partial charge in [0.2, 0.25) is 0 Å². The molecule has 1 aliphatic rings. The van der Waals surface area contributed by atoms with Crippen LogP contribution in [0.1, 0.15) is 35.9 Å². The van der Waals surface area contributed by atoms with Crippen LogP contribution in [0.5, 0.6) is 5.75 Å². The minimum Gasteiger partial charge on any atom is -0.495 e. The lowest BCUT2D eigenvalue weighted by atomic mass is 10.2. The third kappa shape index (κ3) is 4.59. The van der Waals surface area contributed by atoms with Crippen molar-refractivity contribution in [1.82, 2.24) is 4.90 Å². The molecule has 1 aromatic heterocycles. The highest BCUT2D eigenvalue weighted by Gasteiger charge is 2.37. The van der Waals surface area contributed by atoms with Crippen LogP contribution in [0.2, 0.25) is 0 Å². The number of likely N-dealkylation sites (tertiary alicyclic amines) is 1. The molecule has 2 amide bonds. The van der Waals surface area contributed by atoms with E-state index in [2.05, 4.69) is 5.32 Å². The van der Waals surface area contributed by atoms with Crippen molar-refractivity contribution in [2.24, 2.45) is 0 Å². The highest BCUT2D eigenvalue weighted by Crippen LogP contribution is 2.26. The van der Waals surface area contributed by atoms with Crippen LogP contribution in [-0.4, -0.2) is 48.5 Å². The summed E-state index contributed by atoms with van der Waals surface area (Å²) in [6, 6.07) is 7.81. The molecule has 2 aromatic rings. The van der Waals surface area contributed by atoms with Gasteiger partial charge in [0.05, 0.1) is 19.1 Å². The number of methoxy groups -OCH3 is 1. The smallest absolute Gasteiger partial charge is 0.329 e. The molecule has 8 heteroatoms. The van der Waals surface area contributed by atoms with Crippen LogP contribution < -0.4 is 10.1 Å². The van der Waals surface area contributed by atoms with Gasteiger partial charge in [-0.2, -0.15) is 0 Å². The van der Waals surface area contributed by atoms with Gasteiger partial charge in [-0.1, -0.05) is 6.07 Å². The van der Waals surface area contributed by atoms with E-state index < -0.39 is 24.0 Å². The molecular weight excluding hydrogens is 376 g/mol. The lowest BCUT2D eigenvalue weighted by Gasteiger charge is -2.24. The van der Waals surface area contributed by atoms with Gasteiger partial charge < -0.3 is 24.1 Å². The Morgan fingerprint density at radius 3 is 2.76 bits per heavy atom. The molecule has 29 heavy (non-hydrogen) atoms. The van der Waals surface area contributed by atoms with E-state index in [0.717, 1.165) is 5.56 Å². The summed E-state index contributed by atoms with van der Waals surface area (Å²) in [5.74, 6) is -0.781. The molecule has 0 aliphatic carbocycles. The molecule has 2 unspecified atom stereocenters. The number of hydrogen-bond acceptors (Lipinski definition) is 6. The van der Waals surface area contributed by atoms with Gasteiger partial charge in [-0.05, 0) is 56.5 Å². The fraction of sp³-hybridized carbons (Fsp3) is 0.381. The highest BCUT2D eigenvalue weighted by molar-refractivity contribution is 5.98. The molecule has 0 radical (unpaired) electrons. The fourth-order valence-corrected chi connectivity index (χ4v) is 3.26. The quantitative estimate of drug-likeness (QED) is 0.749. The summed E-state index contributed by atoms with van der Waals surface area (Å²) in [6.45, 7) is 3.81. The number of benzene rings is 1. The number of nitrogens with zero attached hydrogens (tertiary/aromatic N) is 1. The Bertz CT molecular complexity index is 893. The minimum atomic E-state index is -1.03. The van der Waals surface area contributed by atoms with E-state index in [1.165, 1.54) is 25.2 Å². The number of ether oxygens (including phenoxy) is 2. The minimum absolute atomic E-state index is 0.169. The van der Waals surface area contributed by atoms with Crippen molar-refractivity contribution in [2.45, 2.75) is 38.8 Å². The van der Waals surface area contributed by atoms with Gasteiger partial charge in [0, 0.05) is 6.54 Å². The second-order valence-corrected chi connectivity index (χ2v) is 6.91. The van der Waals surface area contributed by atoms with Crippen LogP contribution in [0, 0.1) is 6.92 Å². The average Bonchev–Trinajstić information content (AvgIpc) is 3.39. The van der Waals surface area contributed by atoms with E-state index in [4.69, 9.17) is 13.9 Å². The molecule has 0 saturated carbocycles. The number of aryl methyl sites for hydroxylation is 1. The van der Waals surface area contributed by atoms with E-state index in [-0.39, 0.29) is 11.7 Å². The largest absolute Gasteiger partial charge is 0.495 e. The molecule has 2 heterocycles. The Kier molecular flexibility index (Phi) is 6.21. The second-order valence-electron chi connectivity index (χ2n) is 6.91. The van der Waals surface area contributed by atoms with Gasteiger partial charge in [0.15, 0.2) is 11.9 Å². The SMILES string of the molecule is COc1ccc(C)cc1NC(=O)C(C)OC(=O)C1CCCN1C(=O)c1ccco1. The molecule has 1 fully saturated rings. The first kappa shape index (κ1) is 20.4. The van der Waals surface area contributed by atoms with Crippen molar-refractivity contribution in [1.29, 1.82) is 0 Å². The maximum Gasteiger partial charge on any atom is 0.329 e. The van der Waals surface area contributed by atoms with Crippen molar-refractivity contribution in [3.05, 3.63) is 47.9 Å². The number of furan rings is 1. The molecule has 1 saturated heterocycles. The van der Waals surface area contributed by atoms with Crippen LogP contribution in [0.15, 0.2) is 41.0 Å². The van der Waals surface area contributed by atoms with Crippen LogP contribution in [-0.2, 0) is 14.3 Å². The first-order chi connectivity index (χ1) is 13.9. The Morgan fingerprint density at radius 1 is 1.28 bits per heavy atom. The van der Waals surface area contributed by atoms with Crippen LogP contribution in [0.25, 0.3) is 0 Å². The number of anilines is 1.